The van der Waals surface area contributed by atoms with Gasteiger partial charge >= 0.3 is 5.97 Å². The van der Waals surface area contributed by atoms with Crippen LogP contribution in [-0.2, 0) is 26.6 Å². The number of carbonyl (C=O) groups excluding carboxylic acids is 1. The van der Waals surface area contributed by atoms with Gasteiger partial charge in [-0.15, -0.1) is 0 Å². The van der Waals surface area contributed by atoms with Crippen molar-refractivity contribution in [1.82, 2.24) is 0 Å². The Hall–Kier alpha value is -0.0105. The molecule has 0 aromatic heterocycles. The van der Waals surface area contributed by atoms with E-state index in [1.54, 1.807) is 0 Å². The van der Waals surface area contributed by atoms with Crippen molar-refractivity contribution in [2.75, 3.05) is 0 Å². The first kappa shape index (κ1) is 13.6. The van der Waals surface area contributed by atoms with E-state index in [1.807, 2.05) is 27.7 Å². The van der Waals surface area contributed by atoms with Gasteiger partial charge in [0.05, 0.1) is 6.10 Å². The van der Waals surface area contributed by atoms with Crippen molar-refractivity contribution >= 4 is 5.97 Å². The fraction of sp³-hybridized carbons (Fsp3) is 0.875. The molecule has 1 radical (unpaired) electrons. The third-order valence-corrected chi connectivity index (χ3v) is 0.942. The maximum atomic E-state index is 10.8. The molecule has 0 aliphatic rings. The second-order valence-electron chi connectivity index (χ2n) is 3.14. The van der Waals surface area contributed by atoms with E-state index in [1.165, 1.54) is 0 Å². The summed E-state index contributed by atoms with van der Waals surface area (Å²) in [6, 6.07) is 0. The van der Waals surface area contributed by atoms with Crippen LogP contribution in [0.1, 0.15) is 34.1 Å². The molecule has 0 saturated heterocycles. The minimum Gasteiger partial charge on any atom is -0.463 e. The molecule has 0 aliphatic heterocycles. The molecule has 0 unspecified atom stereocenters. The summed E-state index contributed by atoms with van der Waals surface area (Å²) in [6.45, 7) is 7.72. The number of hydrogen-bond acceptors (Lipinski definition) is 2. The van der Waals surface area contributed by atoms with Crippen LogP contribution < -0.4 is 0 Å². The predicted molar refractivity (Wildman–Crippen MR) is 40.7 cm³/mol. The van der Waals surface area contributed by atoms with Crippen molar-refractivity contribution in [3.05, 3.63) is 0 Å². The maximum Gasteiger partial charge on any atom is 0.306 e. The van der Waals surface area contributed by atoms with Gasteiger partial charge in [-0.2, -0.15) is 0 Å². The molecular formula is C8H16CuO2. The van der Waals surface area contributed by atoms with Crippen LogP contribution in [0, 0.1) is 5.92 Å². The van der Waals surface area contributed by atoms with Crippen molar-refractivity contribution in [1.29, 1.82) is 0 Å². The van der Waals surface area contributed by atoms with Crippen molar-refractivity contribution in [2.24, 2.45) is 5.92 Å². The Morgan fingerprint density at radius 2 is 1.73 bits per heavy atom. The minimum absolute atomic E-state index is 0. The summed E-state index contributed by atoms with van der Waals surface area (Å²) in [6.07, 6.45) is 0.546. The Morgan fingerprint density at radius 3 is 2.00 bits per heavy atom. The summed E-state index contributed by atoms with van der Waals surface area (Å²) in [5, 5.41) is 0. The van der Waals surface area contributed by atoms with Gasteiger partial charge in [0.1, 0.15) is 0 Å². The Bertz CT molecular complexity index is 98.7. The summed E-state index contributed by atoms with van der Waals surface area (Å²) in [5.74, 6) is 0.302. The molecule has 0 N–H and O–H groups in total. The first-order valence-corrected chi connectivity index (χ1v) is 3.72. The van der Waals surface area contributed by atoms with E-state index < -0.39 is 0 Å². The third-order valence-electron chi connectivity index (χ3n) is 0.942. The van der Waals surface area contributed by atoms with Crippen LogP contribution in [-0.4, -0.2) is 12.1 Å². The van der Waals surface area contributed by atoms with Crippen LogP contribution in [0.5, 0.6) is 0 Å². The smallest absolute Gasteiger partial charge is 0.306 e. The molecule has 0 aliphatic carbocycles. The molecule has 2 nitrogen and oxygen atoms in total. The van der Waals surface area contributed by atoms with E-state index in [-0.39, 0.29) is 29.1 Å². The molecule has 0 spiro atoms. The number of esters is 1. The third kappa shape index (κ3) is 9.99. The summed E-state index contributed by atoms with van der Waals surface area (Å²) in [4.78, 5) is 10.8. The Morgan fingerprint density at radius 1 is 1.27 bits per heavy atom. The van der Waals surface area contributed by atoms with Gasteiger partial charge in [-0.3, -0.25) is 4.79 Å². The van der Waals surface area contributed by atoms with Gasteiger partial charge in [0.2, 0.25) is 0 Å². The summed E-state index contributed by atoms with van der Waals surface area (Å²) < 4.78 is 4.92. The Kier molecular flexibility index (Phi) is 8.25. The van der Waals surface area contributed by atoms with Crippen LogP contribution in [0.25, 0.3) is 0 Å². The quantitative estimate of drug-likeness (QED) is 0.523. The van der Waals surface area contributed by atoms with E-state index in [2.05, 4.69) is 0 Å². The normalized spacial score (nSPS) is 9.64. The fourth-order valence-electron chi connectivity index (χ4n) is 0.644. The van der Waals surface area contributed by atoms with Crippen molar-refractivity contribution in [3.63, 3.8) is 0 Å². The number of hydrogen-bond donors (Lipinski definition) is 0. The second kappa shape index (κ2) is 6.68. The van der Waals surface area contributed by atoms with Crippen LogP contribution in [0.15, 0.2) is 0 Å². The molecular weight excluding hydrogens is 192 g/mol. The molecule has 0 amide bonds. The molecule has 0 atom stereocenters. The van der Waals surface area contributed by atoms with Gasteiger partial charge in [0, 0.05) is 23.5 Å². The first-order chi connectivity index (χ1) is 4.52. The zero-order chi connectivity index (χ0) is 8.15. The molecule has 0 saturated carbocycles. The number of ether oxygens (including phenoxy) is 1. The predicted octanol–water partition coefficient (Wildman–Crippen LogP) is 1.98. The molecule has 0 rings (SSSR count). The van der Waals surface area contributed by atoms with E-state index >= 15 is 0 Å². The fourth-order valence-corrected chi connectivity index (χ4v) is 0.644. The summed E-state index contributed by atoms with van der Waals surface area (Å²) in [7, 11) is 0. The van der Waals surface area contributed by atoms with E-state index in [0.29, 0.717) is 12.3 Å². The van der Waals surface area contributed by atoms with Crippen molar-refractivity contribution in [2.45, 2.75) is 40.2 Å². The van der Waals surface area contributed by atoms with Crippen LogP contribution in [0.3, 0.4) is 0 Å². The first-order valence-electron chi connectivity index (χ1n) is 3.72. The van der Waals surface area contributed by atoms with Crippen LogP contribution in [0.2, 0.25) is 0 Å². The zero-order valence-electron chi connectivity index (χ0n) is 7.48. The van der Waals surface area contributed by atoms with Crippen LogP contribution in [0.4, 0.5) is 0 Å². The van der Waals surface area contributed by atoms with Crippen molar-refractivity contribution < 1.29 is 26.6 Å². The standard InChI is InChI=1S/C8H16O2.Cu/c1-6(2)5-8(9)10-7(3)4;/h6-7H,5H2,1-4H3;. The average molecular weight is 208 g/mol. The second-order valence-corrected chi connectivity index (χ2v) is 3.14. The average Bonchev–Trinajstić information content (AvgIpc) is 1.58. The SMILES string of the molecule is CC(C)CC(=O)OC(C)C.[Cu]. The van der Waals surface area contributed by atoms with E-state index in [9.17, 15) is 4.79 Å². The van der Waals surface area contributed by atoms with Gasteiger partial charge in [-0.25, -0.2) is 0 Å². The summed E-state index contributed by atoms with van der Waals surface area (Å²) >= 11 is 0. The molecule has 3 heteroatoms. The Balaban J connectivity index is 0. The maximum absolute atomic E-state index is 10.8. The molecule has 0 bridgehead atoms. The van der Waals surface area contributed by atoms with Gasteiger partial charge in [0.15, 0.2) is 0 Å². The Labute approximate surface area is 79.2 Å². The number of carbonyl (C=O) groups is 1. The molecule has 71 valence electrons. The molecule has 0 aromatic carbocycles. The van der Waals surface area contributed by atoms with Gasteiger partial charge in [-0.05, 0) is 19.8 Å². The van der Waals surface area contributed by atoms with E-state index in [0.717, 1.165) is 0 Å². The molecule has 0 fully saturated rings. The monoisotopic (exact) mass is 207 g/mol. The van der Waals surface area contributed by atoms with Gasteiger partial charge < -0.3 is 4.74 Å². The van der Waals surface area contributed by atoms with Gasteiger partial charge in [-0.1, -0.05) is 13.8 Å². The topological polar surface area (TPSA) is 26.3 Å². The largest absolute Gasteiger partial charge is 0.463 e. The molecule has 11 heavy (non-hydrogen) atoms. The molecule has 0 heterocycles. The minimum atomic E-state index is -0.0926. The molecule has 0 aromatic rings. The van der Waals surface area contributed by atoms with Crippen LogP contribution >= 0.6 is 0 Å². The zero-order valence-corrected chi connectivity index (χ0v) is 8.42. The summed E-state index contributed by atoms with van der Waals surface area (Å²) in [5.41, 5.74) is 0. The van der Waals surface area contributed by atoms with Gasteiger partial charge in [0.25, 0.3) is 0 Å². The number of rotatable bonds is 3. The van der Waals surface area contributed by atoms with E-state index in [4.69, 9.17) is 4.74 Å². The van der Waals surface area contributed by atoms with Crippen molar-refractivity contribution in [3.8, 4) is 0 Å².